The first-order valence-electron chi connectivity index (χ1n) is 5.34. The summed E-state index contributed by atoms with van der Waals surface area (Å²) in [5.74, 6) is 9.28. The van der Waals surface area contributed by atoms with Gasteiger partial charge in [0.25, 0.3) is 0 Å². The van der Waals surface area contributed by atoms with Gasteiger partial charge in [-0.05, 0) is 25.1 Å². The summed E-state index contributed by atoms with van der Waals surface area (Å²) in [5.41, 5.74) is 0.918. The predicted molar refractivity (Wildman–Crippen MR) is 70.2 cm³/mol. The van der Waals surface area contributed by atoms with Crippen LogP contribution in [0.15, 0.2) is 18.2 Å². The number of rotatable bonds is 3. The fourth-order valence-corrected chi connectivity index (χ4v) is 2.11. The van der Waals surface area contributed by atoms with Gasteiger partial charge in [0, 0.05) is 17.1 Å². The quantitative estimate of drug-likeness (QED) is 0.603. The number of hydrogen-bond donors (Lipinski definition) is 0. The average Bonchev–Trinajstić information content (AvgIpc) is 2.75. The summed E-state index contributed by atoms with van der Waals surface area (Å²) in [6.45, 7) is 1.89. The number of benzene rings is 1. The lowest BCUT2D eigenvalue weighted by Crippen LogP contribution is -1.93. The molecule has 0 amide bonds. The van der Waals surface area contributed by atoms with E-state index in [0.29, 0.717) is 17.5 Å². The number of carbonyl (C=O) groups excluding carboxylic acids is 1. The lowest BCUT2D eigenvalue weighted by Gasteiger charge is -1.96. The first kappa shape index (κ1) is 11.9. The van der Waals surface area contributed by atoms with Crippen molar-refractivity contribution in [3.8, 4) is 23.3 Å². The number of hydrogen-bond acceptors (Lipinski definition) is 3. The Morgan fingerprint density at radius 1 is 1.41 bits per heavy atom. The van der Waals surface area contributed by atoms with Gasteiger partial charge in [0.1, 0.15) is 5.78 Å². The fraction of sp³-hybridized carbons (Fsp3) is 0.308. The van der Waals surface area contributed by atoms with Gasteiger partial charge >= 0.3 is 0 Å². The van der Waals surface area contributed by atoms with Crippen LogP contribution < -0.4 is 9.47 Å². The molecule has 1 aliphatic heterocycles. The topological polar surface area (TPSA) is 35.5 Å². The fourth-order valence-electron chi connectivity index (χ4n) is 1.42. The maximum atomic E-state index is 10.7. The molecule has 0 atom stereocenters. The second kappa shape index (κ2) is 5.65. The summed E-state index contributed by atoms with van der Waals surface area (Å²) in [5, 5.41) is 0. The van der Waals surface area contributed by atoms with Crippen molar-refractivity contribution in [1.82, 2.24) is 0 Å². The van der Waals surface area contributed by atoms with Crippen LogP contribution in [0.5, 0.6) is 11.5 Å². The Labute approximate surface area is 104 Å². The summed E-state index contributed by atoms with van der Waals surface area (Å²) in [6, 6.07) is 5.65. The summed E-state index contributed by atoms with van der Waals surface area (Å²) in [7, 11) is 0. The van der Waals surface area contributed by atoms with E-state index < -0.39 is 0 Å². The minimum absolute atomic E-state index is 0.230. The molecule has 0 aliphatic carbocycles. The lowest BCUT2D eigenvalue weighted by molar-refractivity contribution is -0.114. The summed E-state index contributed by atoms with van der Waals surface area (Å²) >= 11 is 0.593. The Bertz CT molecular complexity index is 485. The van der Waals surface area contributed by atoms with Crippen LogP contribution in [-0.4, -0.2) is 24.1 Å². The molecular weight excluding hydrogens is 236 g/mol. The van der Waals surface area contributed by atoms with Crippen molar-refractivity contribution in [1.29, 1.82) is 0 Å². The zero-order valence-electron chi connectivity index (χ0n) is 9.58. The van der Waals surface area contributed by atoms with Crippen molar-refractivity contribution in [2.24, 2.45) is 0 Å². The van der Waals surface area contributed by atoms with Gasteiger partial charge in [0.05, 0.1) is 0 Å². The summed E-state index contributed by atoms with van der Waals surface area (Å²) < 4.78 is 10.5. The second-order valence-electron chi connectivity index (χ2n) is 3.68. The highest BCUT2D eigenvalue weighted by molar-refractivity contribution is 8.00. The third kappa shape index (κ3) is 3.43. The number of fused-ring (bicyclic) bond motifs is 1. The average molecular weight is 250 g/mol. The van der Waals surface area contributed by atoms with Crippen molar-refractivity contribution in [3.63, 3.8) is 0 Å². The maximum Gasteiger partial charge on any atom is 0.231 e. The van der Waals surface area contributed by atoms with Gasteiger partial charge in [0.2, 0.25) is 6.79 Å². The minimum atomic E-state index is 0.230. The molecule has 90 valence electrons. The third-order valence-corrected chi connectivity index (χ3v) is 3.37. The van der Waals surface area contributed by atoms with E-state index in [-0.39, 0.29) is 12.6 Å². The molecular formula is C13H14O3S. The molecule has 1 heterocycles. The summed E-state index contributed by atoms with van der Waals surface area (Å²) in [4.78, 5) is 10.7. The van der Waals surface area contributed by atoms with E-state index in [4.69, 9.17) is 9.47 Å². The Kier molecular flexibility index (Phi) is 3.94. The van der Waals surface area contributed by atoms with Crippen LogP contribution in [0, 0.1) is 11.8 Å². The van der Waals surface area contributed by atoms with E-state index in [1.807, 2.05) is 18.2 Å². The Morgan fingerprint density at radius 3 is 3.06 bits per heavy atom. The van der Waals surface area contributed by atoms with E-state index in [1.54, 1.807) is 6.92 Å². The lowest BCUT2D eigenvalue weighted by atomic mass is 10.2. The highest BCUT2D eigenvalue weighted by Gasteiger charge is 2.12. The van der Waals surface area contributed by atoms with E-state index in [2.05, 4.69) is 11.8 Å². The largest absolute Gasteiger partial charge is 0.454 e. The van der Waals surface area contributed by atoms with Crippen LogP contribution in [0.4, 0.5) is 0 Å². The maximum absolute atomic E-state index is 10.7. The molecule has 0 N–H and O–H groups in total. The molecule has 3 nitrogen and oxygen atoms in total. The molecule has 1 aromatic carbocycles. The van der Waals surface area contributed by atoms with Crippen molar-refractivity contribution in [3.05, 3.63) is 23.8 Å². The van der Waals surface area contributed by atoms with Crippen molar-refractivity contribution in [2.75, 3.05) is 18.3 Å². The molecule has 0 spiro atoms. The first-order valence-corrected chi connectivity index (χ1v) is 6.76. The minimum Gasteiger partial charge on any atom is -0.454 e. The van der Waals surface area contributed by atoms with Gasteiger partial charge in [-0.25, -0.2) is 11.8 Å². The number of Topliss-reactive ketones (excluding diaryl/α,β-unsaturated/α-hetero) is 1. The molecule has 17 heavy (non-hydrogen) atoms. The molecule has 0 bridgehead atoms. The Morgan fingerprint density at radius 2 is 2.24 bits per heavy atom. The Balaban J connectivity index is 1.91. The van der Waals surface area contributed by atoms with Gasteiger partial charge in [-0.15, -0.1) is 0 Å². The van der Waals surface area contributed by atoms with Gasteiger partial charge < -0.3 is 9.47 Å². The molecule has 0 radical (unpaired) electrons. The van der Waals surface area contributed by atoms with Crippen LogP contribution in [-0.2, 0) is 4.79 Å². The van der Waals surface area contributed by atoms with Crippen LogP contribution in [0.2, 0.25) is 0 Å². The SMILES string of the molecule is CC(=O)C[SH2]CC#Cc1ccc2c(c1)OCO2. The normalized spacial score (nSPS) is 13.0. The van der Waals surface area contributed by atoms with Gasteiger partial charge in [-0.2, -0.15) is 0 Å². The van der Waals surface area contributed by atoms with Gasteiger partial charge in [-0.1, -0.05) is 11.8 Å². The molecule has 2 rings (SSSR count). The molecule has 0 saturated heterocycles. The van der Waals surface area contributed by atoms with Gasteiger partial charge in [0.15, 0.2) is 11.5 Å². The van der Waals surface area contributed by atoms with E-state index in [1.165, 1.54) is 0 Å². The van der Waals surface area contributed by atoms with E-state index in [0.717, 1.165) is 22.8 Å². The zero-order valence-corrected chi connectivity index (χ0v) is 10.6. The van der Waals surface area contributed by atoms with Crippen molar-refractivity contribution >= 4 is 17.5 Å². The van der Waals surface area contributed by atoms with Crippen LogP contribution in [0.1, 0.15) is 12.5 Å². The molecule has 0 fully saturated rings. The smallest absolute Gasteiger partial charge is 0.231 e. The monoisotopic (exact) mass is 250 g/mol. The van der Waals surface area contributed by atoms with Crippen LogP contribution in [0.25, 0.3) is 0 Å². The highest BCUT2D eigenvalue weighted by Crippen LogP contribution is 2.32. The Hall–Kier alpha value is -1.60. The molecule has 0 unspecified atom stereocenters. The van der Waals surface area contributed by atoms with E-state index >= 15 is 0 Å². The standard InChI is InChI=1S/C13H14O3S/c1-10(14)8-17-6-2-3-11-4-5-12-13(7-11)16-9-15-12/h4-5,7H,6,8-9,17H2,1H3. The third-order valence-electron chi connectivity index (χ3n) is 2.19. The first-order chi connectivity index (χ1) is 8.25. The zero-order chi connectivity index (χ0) is 12.1. The number of carbonyl (C=O) groups is 1. The number of ketones is 1. The van der Waals surface area contributed by atoms with Crippen molar-refractivity contribution in [2.45, 2.75) is 6.92 Å². The predicted octanol–water partition coefficient (Wildman–Crippen LogP) is 1.55. The van der Waals surface area contributed by atoms with Crippen LogP contribution in [0.3, 0.4) is 0 Å². The van der Waals surface area contributed by atoms with Gasteiger partial charge in [-0.3, -0.25) is 4.79 Å². The van der Waals surface area contributed by atoms with Crippen LogP contribution >= 0.6 is 11.8 Å². The molecule has 4 heteroatoms. The highest BCUT2D eigenvalue weighted by atomic mass is 32.2. The molecule has 0 aromatic heterocycles. The summed E-state index contributed by atoms with van der Waals surface area (Å²) in [6.07, 6.45) is 0. The molecule has 1 aliphatic rings. The second-order valence-corrected chi connectivity index (χ2v) is 4.88. The molecule has 0 saturated carbocycles. The molecule has 1 aromatic rings. The van der Waals surface area contributed by atoms with E-state index in [9.17, 15) is 4.79 Å². The van der Waals surface area contributed by atoms with Crippen molar-refractivity contribution < 1.29 is 14.3 Å². The number of ether oxygens (including phenoxy) is 2.